The first-order valence-corrected chi connectivity index (χ1v) is 8.77. The zero-order valence-electron chi connectivity index (χ0n) is 15.1. The van der Waals surface area contributed by atoms with Gasteiger partial charge in [0.1, 0.15) is 5.60 Å². The van der Waals surface area contributed by atoms with Crippen molar-refractivity contribution >= 4 is 6.09 Å². The van der Waals surface area contributed by atoms with E-state index in [-0.39, 0.29) is 18.2 Å². The largest absolute Gasteiger partial charge is 0.444 e. The predicted molar refractivity (Wildman–Crippen MR) is 99.3 cm³/mol. The molecule has 4 nitrogen and oxygen atoms in total. The minimum Gasteiger partial charge on any atom is -0.444 e. The Balaban J connectivity index is 1.85. The van der Waals surface area contributed by atoms with Crippen molar-refractivity contribution in [3.8, 4) is 0 Å². The van der Waals surface area contributed by atoms with Gasteiger partial charge in [-0.25, -0.2) is 4.79 Å². The fourth-order valence-electron chi connectivity index (χ4n) is 3.16. The van der Waals surface area contributed by atoms with Crippen LogP contribution in [0.5, 0.6) is 0 Å². The summed E-state index contributed by atoms with van der Waals surface area (Å²) in [6.45, 7) is 6.99. The summed E-state index contributed by atoms with van der Waals surface area (Å²) in [5.41, 5.74) is 1.79. The second kappa shape index (κ2) is 7.28. The van der Waals surface area contributed by atoms with Gasteiger partial charge < -0.3 is 10.1 Å². The molecule has 0 aliphatic carbocycles. The average molecular weight is 338 g/mol. The lowest BCUT2D eigenvalue weighted by Crippen LogP contribution is -2.51. The smallest absolute Gasteiger partial charge is 0.410 e. The topological polar surface area (TPSA) is 41.6 Å². The molecule has 2 aromatic rings. The number of nitrogens with one attached hydrogen (secondary N) is 1. The van der Waals surface area contributed by atoms with Gasteiger partial charge in [-0.15, -0.1) is 0 Å². The van der Waals surface area contributed by atoms with E-state index < -0.39 is 5.60 Å². The van der Waals surface area contributed by atoms with Gasteiger partial charge in [-0.05, 0) is 31.9 Å². The Morgan fingerprint density at radius 2 is 1.56 bits per heavy atom. The molecular weight excluding hydrogens is 312 g/mol. The van der Waals surface area contributed by atoms with Crippen LogP contribution in [0.2, 0.25) is 0 Å². The number of hydrogen-bond acceptors (Lipinski definition) is 3. The van der Waals surface area contributed by atoms with Crippen LogP contribution in [0.25, 0.3) is 0 Å². The summed E-state index contributed by atoms with van der Waals surface area (Å²) in [5, 5.41) is 3.58. The molecule has 1 aliphatic rings. The molecule has 2 atom stereocenters. The van der Waals surface area contributed by atoms with E-state index >= 15 is 0 Å². The third kappa shape index (κ3) is 4.40. The van der Waals surface area contributed by atoms with E-state index in [4.69, 9.17) is 4.74 Å². The Hall–Kier alpha value is -2.33. The molecular formula is C21H26N2O2. The van der Waals surface area contributed by atoms with Crippen molar-refractivity contribution in [2.24, 2.45) is 0 Å². The average Bonchev–Trinajstić information content (AvgIpc) is 2.61. The fourth-order valence-corrected chi connectivity index (χ4v) is 3.16. The van der Waals surface area contributed by atoms with Gasteiger partial charge in [-0.3, -0.25) is 4.90 Å². The number of carbonyl (C=O) groups excluding carboxylic acids is 1. The summed E-state index contributed by atoms with van der Waals surface area (Å²) in [7, 11) is 0. The van der Waals surface area contributed by atoms with Gasteiger partial charge in [0.15, 0.2) is 0 Å². The number of rotatable bonds is 2. The molecule has 0 unspecified atom stereocenters. The van der Waals surface area contributed by atoms with Crippen LogP contribution >= 0.6 is 0 Å². The minimum absolute atomic E-state index is 0.0315. The number of hydrogen-bond donors (Lipinski definition) is 1. The van der Waals surface area contributed by atoms with E-state index in [1.807, 2.05) is 62.1 Å². The van der Waals surface area contributed by atoms with Gasteiger partial charge in [0.05, 0.1) is 12.1 Å². The van der Waals surface area contributed by atoms with E-state index in [1.165, 1.54) is 5.56 Å². The van der Waals surface area contributed by atoms with Crippen LogP contribution < -0.4 is 5.32 Å². The molecule has 3 rings (SSSR count). The van der Waals surface area contributed by atoms with Crippen LogP contribution in [-0.4, -0.2) is 29.7 Å². The van der Waals surface area contributed by atoms with Gasteiger partial charge in [-0.1, -0.05) is 60.7 Å². The van der Waals surface area contributed by atoms with E-state index in [2.05, 4.69) is 29.6 Å². The van der Waals surface area contributed by atoms with Gasteiger partial charge in [0, 0.05) is 13.1 Å². The maximum atomic E-state index is 12.9. The Kier molecular flexibility index (Phi) is 5.09. The van der Waals surface area contributed by atoms with E-state index in [0.717, 1.165) is 5.56 Å². The van der Waals surface area contributed by atoms with Crippen LogP contribution in [0.1, 0.15) is 44.0 Å². The van der Waals surface area contributed by atoms with Crippen LogP contribution in [0.4, 0.5) is 4.79 Å². The molecule has 4 heteroatoms. The van der Waals surface area contributed by atoms with Gasteiger partial charge in [0.25, 0.3) is 0 Å². The van der Waals surface area contributed by atoms with Crippen molar-refractivity contribution < 1.29 is 9.53 Å². The van der Waals surface area contributed by atoms with Crippen molar-refractivity contribution in [2.45, 2.75) is 38.5 Å². The Morgan fingerprint density at radius 3 is 2.12 bits per heavy atom. The van der Waals surface area contributed by atoms with Crippen molar-refractivity contribution in [3.63, 3.8) is 0 Å². The van der Waals surface area contributed by atoms with Crippen molar-refractivity contribution in [2.75, 3.05) is 13.1 Å². The number of piperazine rings is 1. The summed E-state index contributed by atoms with van der Waals surface area (Å²) in [6.07, 6.45) is -0.260. The minimum atomic E-state index is -0.508. The Labute approximate surface area is 149 Å². The van der Waals surface area contributed by atoms with Crippen LogP contribution in [0, 0.1) is 0 Å². The van der Waals surface area contributed by atoms with Gasteiger partial charge >= 0.3 is 6.09 Å². The summed E-state index contributed by atoms with van der Waals surface area (Å²) >= 11 is 0. The highest BCUT2D eigenvalue weighted by Crippen LogP contribution is 2.30. The molecule has 0 saturated carbocycles. The number of amides is 1. The van der Waals surface area contributed by atoms with E-state index in [9.17, 15) is 4.79 Å². The van der Waals surface area contributed by atoms with Crippen LogP contribution in [-0.2, 0) is 4.74 Å². The standard InChI is InChI=1S/C21H26N2O2/c1-21(2,3)25-20(24)23-15-18(16-10-6-4-7-11-16)22-14-19(23)17-12-8-5-9-13-17/h4-13,18-19,22H,14-15H2,1-3H3/t18-,19+/m0/s1. The maximum absolute atomic E-state index is 12.9. The van der Waals surface area contributed by atoms with Crippen molar-refractivity contribution in [3.05, 3.63) is 71.8 Å². The number of ether oxygens (including phenoxy) is 1. The lowest BCUT2D eigenvalue weighted by Gasteiger charge is -2.41. The fraction of sp³-hybridized carbons (Fsp3) is 0.381. The lowest BCUT2D eigenvalue weighted by molar-refractivity contribution is 0.00696. The molecule has 0 spiro atoms. The lowest BCUT2D eigenvalue weighted by atomic mass is 9.98. The summed E-state index contributed by atoms with van der Waals surface area (Å²) in [6, 6.07) is 20.4. The summed E-state index contributed by atoms with van der Waals surface area (Å²) in [5.74, 6) is 0. The predicted octanol–water partition coefficient (Wildman–Crippen LogP) is 4.31. The highest BCUT2D eigenvalue weighted by molar-refractivity contribution is 5.69. The first-order chi connectivity index (χ1) is 11.9. The van der Waals surface area contributed by atoms with Crippen LogP contribution in [0.15, 0.2) is 60.7 Å². The van der Waals surface area contributed by atoms with E-state index in [0.29, 0.717) is 13.1 Å². The molecule has 25 heavy (non-hydrogen) atoms. The number of benzene rings is 2. The summed E-state index contributed by atoms with van der Waals surface area (Å²) in [4.78, 5) is 14.7. The zero-order valence-corrected chi connectivity index (χ0v) is 15.1. The molecule has 132 valence electrons. The number of nitrogens with zero attached hydrogens (tertiary/aromatic N) is 1. The highest BCUT2D eigenvalue weighted by atomic mass is 16.6. The molecule has 1 aliphatic heterocycles. The molecule has 1 amide bonds. The molecule has 1 N–H and O–H groups in total. The molecule has 2 aromatic carbocycles. The Morgan fingerprint density at radius 1 is 1.00 bits per heavy atom. The first-order valence-electron chi connectivity index (χ1n) is 8.77. The monoisotopic (exact) mass is 338 g/mol. The molecule has 1 fully saturated rings. The van der Waals surface area contributed by atoms with Crippen molar-refractivity contribution in [1.82, 2.24) is 10.2 Å². The second-order valence-corrected chi connectivity index (χ2v) is 7.43. The first kappa shape index (κ1) is 17.5. The van der Waals surface area contributed by atoms with E-state index in [1.54, 1.807) is 0 Å². The van der Waals surface area contributed by atoms with Gasteiger partial charge in [-0.2, -0.15) is 0 Å². The van der Waals surface area contributed by atoms with Crippen molar-refractivity contribution in [1.29, 1.82) is 0 Å². The molecule has 0 radical (unpaired) electrons. The quantitative estimate of drug-likeness (QED) is 0.887. The maximum Gasteiger partial charge on any atom is 0.410 e. The third-order valence-electron chi connectivity index (χ3n) is 4.33. The molecule has 0 aromatic heterocycles. The van der Waals surface area contributed by atoms with Crippen LogP contribution in [0.3, 0.4) is 0 Å². The molecule has 1 saturated heterocycles. The molecule has 0 bridgehead atoms. The zero-order chi connectivity index (χ0) is 17.9. The normalized spacial score (nSPS) is 21.0. The SMILES string of the molecule is CC(C)(C)OC(=O)N1C[C@@H](c2ccccc2)NC[C@@H]1c1ccccc1. The van der Waals surface area contributed by atoms with Gasteiger partial charge in [0.2, 0.25) is 0 Å². The second-order valence-electron chi connectivity index (χ2n) is 7.43. The summed E-state index contributed by atoms with van der Waals surface area (Å²) < 4.78 is 5.67. The highest BCUT2D eigenvalue weighted by Gasteiger charge is 2.35. The third-order valence-corrected chi connectivity index (χ3v) is 4.33. The molecule has 1 heterocycles. The Bertz CT molecular complexity index is 695. The number of carbonyl (C=O) groups is 1.